The van der Waals surface area contributed by atoms with E-state index in [0.29, 0.717) is 24.5 Å². The Morgan fingerprint density at radius 2 is 1.75 bits per heavy atom. The zero-order chi connectivity index (χ0) is 25.3. The van der Waals surface area contributed by atoms with Crippen LogP contribution in [0, 0.1) is 19.8 Å². The molecule has 1 atom stereocenters. The van der Waals surface area contributed by atoms with Gasteiger partial charge in [0.25, 0.3) is 0 Å². The monoisotopic (exact) mass is 506 g/mol. The van der Waals surface area contributed by atoms with E-state index in [1.54, 1.807) is 22.5 Å². The van der Waals surface area contributed by atoms with Gasteiger partial charge >= 0.3 is 0 Å². The van der Waals surface area contributed by atoms with Crippen LogP contribution in [0.5, 0.6) is 0 Å². The Hall–Kier alpha value is -2.97. The molecule has 5 rings (SSSR count). The minimum atomic E-state index is -3.48. The number of fused-ring (bicyclic) bond motifs is 1. The first-order chi connectivity index (χ1) is 17.3. The Balaban J connectivity index is 1.31. The van der Waals surface area contributed by atoms with Gasteiger partial charge in [0.2, 0.25) is 15.9 Å². The van der Waals surface area contributed by atoms with E-state index in [1.165, 1.54) is 0 Å². The topological polar surface area (TPSA) is 82.6 Å². The molecule has 2 aromatic carbocycles. The van der Waals surface area contributed by atoms with Gasteiger partial charge in [-0.2, -0.15) is 4.31 Å². The van der Waals surface area contributed by atoms with Gasteiger partial charge in [0, 0.05) is 37.3 Å². The van der Waals surface area contributed by atoms with Crippen molar-refractivity contribution in [2.75, 3.05) is 36.4 Å². The minimum Gasteiger partial charge on any atom is -0.356 e. The van der Waals surface area contributed by atoms with Gasteiger partial charge in [-0.25, -0.2) is 13.4 Å². The lowest BCUT2D eigenvalue weighted by molar-refractivity contribution is -0.120. The van der Waals surface area contributed by atoms with Gasteiger partial charge in [-0.05, 0) is 87.1 Å². The van der Waals surface area contributed by atoms with Crippen molar-refractivity contribution in [1.82, 2.24) is 9.29 Å². The van der Waals surface area contributed by atoms with E-state index in [9.17, 15) is 13.2 Å². The minimum absolute atomic E-state index is 0.0433. The summed E-state index contributed by atoms with van der Waals surface area (Å²) >= 11 is 0. The first-order valence-corrected chi connectivity index (χ1v) is 14.3. The Labute approximate surface area is 213 Å². The molecule has 36 heavy (non-hydrogen) atoms. The van der Waals surface area contributed by atoms with Crippen LogP contribution in [0.1, 0.15) is 43.2 Å². The second kappa shape index (κ2) is 10.2. The van der Waals surface area contributed by atoms with Crippen molar-refractivity contribution in [3.8, 4) is 0 Å². The molecule has 3 heterocycles. The van der Waals surface area contributed by atoms with Crippen molar-refractivity contribution < 1.29 is 13.2 Å². The summed E-state index contributed by atoms with van der Waals surface area (Å²) in [6, 6.07) is 15.2. The standard InChI is InChI=1S/C28H34N4O3S/c1-20-8-9-21(2)26(17-20)30-28(33)23-7-6-14-31(19-23)27-13-10-22-18-24(11-12-25(22)29-27)36(34,35)32-15-4-3-5-16-32/h8-13,17-18,23H,3-7,14-16,19H2,1-2H3,(H,30,33). The van der Waals surface area contributed by atoms with Gasteiger partial charge < -0.3 is 10.2 Å². The number of sulfonamides is 1. The third-order valence-corrected chi connectivity index (χ3v) is 9.26. The Morgan fingerprint density at radius 3 is 2.56 bits per heavy atom. The van der Waals surface area contributed by atoms with Crippen molar-refractivity contribution >= 4 is 38.3 Å². The molecule has 0 spiro atoms. The molecule has 1 unspecified atom stereocenters. The van der Waals surface area contributed by atoms with Gasteiger partial charge in [-0.15, -0.1) is 0 Å². The lowest BCUT2D eigenvalue weighted by Gasteiger charge is -2.33. The van der Waals surface area contributed by atoms with E-state index in [1.807, 2.05) is 44.2 Å². The van der Waals surface area contributed by atoms with Crippen molar-refractivity contribution in [2.45, 2.75) is 50.8 Å². The predicted molar refractivity (Wildman–Crippen MR) is 144 cm³/mol. The number of aryl methyl sites for hydroxylation is 2. The number of nitrogens with one attached hydrogen (secondary N) is 1. The van der Waals surface area contributed by atoms with Crippen LogP contribution in [0.25, 0.3) is 10.9 Å². The van der Waals surface area contributed by atoms with E-state index in [4.69, 9.17) is 4.98 Å². The summed E-state index contributed by atoms with van der Waals surface area (Å²) in [5, 5.41) is 3.93. The number of benzene rings is 2. The van der Waals surface area contributed by atoms with Gasteiger partial charge in [0.05, 0.1) is 16.3 Å². The molecule has 0 radical (unpaired) electrons. The molecule has 190 valence electrons. The molecule has 0 saturated carbocycles. The molecule has 1 aromatic heterocycles. The Kier molecular flexibility index (Phi) is 6.99. The van der Waals surface area contributed by atoms with Crippen LogP contribution in [0.3, 0.4) is 0 Å². The molecule has 0 aliphatic carbocycles. The fourth-order valence-corrected chi connectivity index (χ4v) is 6.74. The predicted octanol–water partition coefficient (Wildman–Crippen LogP) is 4.88. The number of nitrogens with zero attached hydrogens (tertiary/aromatic N) is 3. The van der Waals surface area contributed by atoms with Crippen LogP contribution >= 0.6 is 0 Å². The molecule has 8 heteroatoms. The molecular weight excluding hydrogens is 472 g/mol. The van der Waals surface area contributed by atoms with Gasteiger partial charge in [0.1, 0.15) is 5.82 Å². The third-order valence-electron chi connectivity index (χ3n) is 7.37. The number of hydrogen-bond acceptors (Lipinski definition) is 5. The number of hydrogen-bond donors (Lipinski definition) is 1. The number of amides is 1. The molecule has 3 aromatic rings. The lowest BCUT2D eigenvalue weighted by atomic mass is 9.96. The number of anilines is 2. The maximum Gasteiger partial charge on any atom is 0.243 e. The summed E-state index contributed by atoms with van der Waals surface area (Å²) < 4.78 is 27.7. The average molecular weight is 507 g/mol. The van der Waals surface area contributed by atoms with Crippen molar-refractivity contribution in [3.63, 3.8) is 0 Å². The van der Waals surface area contributed by atoms with Crippen molar-refractivity contribution in [2.24, 2.45) is 5.92 Å². The molecule has 0 bridgehead atoms. The highest BCUT2D eigenvalue weighted by Gasteiger charge is 2.28. The molecule has 2 aliphatic heterocycles. The molecule has 7 nitrogen and oxygen atoms in total. The van der Waals surface area contributed by atoms with Crippen LogP contribution in [0.4, 0.5) is 11.5 Å². The normalized spacial score (nSPS) is 19.4. The number of rotatable bonds is 5. The van der Waals surface area contributed by atoms with Gasteiger partial charge in [0.15, 0.2) is 0 Å². The molecule has 2 aliphatic rings. The molecule has 2 fully saturated rings. The summed E-state index contributed by atoms with van der Waals surface area (Å²) in [6.45, 7) is 6.65. The molecule has 1 N–H and O–H groups in total. The van der Waals surface area contributed by atoms with Gasteiger partial charge in [-0.1, -0.05) is 18.6 Å². The highest BCUT2D eigenvalue weighted by molar-refractivity contribution is 7.89. The SMILES string of the molecule is Cc1ccc(C)c(NC(=O)C2CCCN(c3ccc4cc(S(=O)(=O)N5CCCCC5)ccc4n3)C2)c1. The number of piperidine rings is 2. The van der Waals surface area contributed by atoms with Crippen molar-refractivity contribution in [1.29, 1.82) is 0 Å². The van der Waals surface area contributed by atoms with Crippen molar-refractivity contribution in [3.05, 3.63) is 59.7 Å². The smallest absolute Gasteiger partial charge is 0.243 e. The summed E-state index contributed by atoms with van der Waals surface area (Å²) in [6.07, 6.45) is 4.67. The first kappa shape index (κ1) is 24.7. The van der Waals surface area contributed by atoms with Crippen LogP contribution in [-0.4, -0.2) is 49.8 Å². The second-order valence-electron chi connectivity index (χ2n) is 10.1. The van der Waals surface area contributed by atoms with Crippen LogP contribution in [0.2, 0.25) is 0 Å². The quantitative estimate of drug-likeness (QED) is 0.533. The number of pyridine rings is 1. The van der Waals surface area contributed by atoms with Crippen LogP contribution in [-0.2, 0) is 14.8 Å². The summed E-state index contributed by atoms with van der Waals surface area (Å²) in [4.78, 5) is 20.4. The van der Waals surface area contributed by atoms with Gasteiger partial charge in [-0.3, -0.25) is 4.79 Å². The third kappa shape index (κ3) is 5.11. The second-order valence-corrected chi connectivity index (χ2v) is 12.0. The zero-order valence-electron chi connectivity index (χ0n) is 21.0. The number of carbonyl (C=O) groups is 1. The number of carbonyl (C=O) groups excluding carboxylic acids is 1. The fraction of sp³-hybridized carbons (Fsp3) is 0.429. The highest BCUT2D eigenvalue weighted by atomic mass is 32.2. The van der Waals surface area contributed by atoms with E-state index >= 15 is 0 Å². The molecule has 1 amide bonds. The van der Waals surface area contributed by atoms with Crippen LogP contribution < -0.4 is 10.2 Å². The Morgan fingerprint density at radius 1 is 0.944 bits per heavy atom. The summed E-state index contributed by atoms with van der Waals surface area (Å²) in [5.74, 6) is 0.744. The van der Waals surface area contributed by atoms with E-state index in [0.717, 1.165) is 72.2 Å². The average Bonchev–Trinajstić information content (AvgIpc) is 2.90. The largest absolute Gasteiger partial charge is 0.356 e. The van der Waals surface area contributed by atoms with E-state index in [2.05, 4.69) is 10.2 Å². The highest BCUT2D eigenvalue weighted by Crippen LogP contribution is 2.28. The first-order valence-electron chi connectivity index (χ1n) is 12.9. The van der Waals surface area contributed by atoms with Crippen LogP contribution in [0.15, 0.2) is 53.4 Å². The molecule has 2 saturated heterocycles. The zero-order valence-corrected chi connectivity index (χ0v) is 21.9. The lowest BCUT2D eigenvalue weighted by Crippen LogP contribution is -2.41. The molecular formula is C28H34N4O3S. The maximum absolute atomic E-state index is 13.1. The van der Waals surface area contributed by atoms with E-state index in [-0.39, 0.29) is 11.8 Å². The fourth-order valence-electron chi connectivity index (χ4n) is 5.19. The Bertz CT molecular complexity index is 1380. The summed E-state index contributed by atoms with van der Waals surface area (Å²) in [5.41, 5.74) is 3.80. The number of aromatic nitrogens is 1. The maximum atomic E-state index is 13.1. The van der Waals surface area contributed by atoms with E-state index < -0.39 is 10.0 Å². The summed E-state index contributed by atoms with van der Waals surface area (Å²) in [7, 11) is -3.48.